The highest BCUT2D eigenvalue weighted by Gasteiger charge is 2.23. The number of benzene rings is 1. The van der Waals surface area contributed by atoms with Gasteiger partial charge in [0.2, 0.25) is 5.91 Å². The van der Waals surface area contributed by atoms with Crippen molar-refractivity contribution in [3.63, 3.8) is 0 Å². The van der Waals surface area contributed by atoms with Gasteiger partial charge in [-0.15, -0.1) is 0 Å². The average molecular weight is 386 g/mol. The van der Waals surface area contributed by atoms with Gasteiger partial charge in [0.1, 0.15) is 0 Å². The van der Waals surface area contributed by atoms with E-state index in [-0.39, 0.29) is 5.91 Å². The summed E-state index contributed by atoms with van der Waals surface area (Å²) in [4.78, 5) is 17.7. The molecule has 2 fully saturated rings. The molecule has 4 heteroatoms. The molecule has 2 saturated heterocycles. The number of hydrogen-bond donors (Lipinski definition) is 1. The Hall–Kier alpha value is -1.39. The standard InChI is InChI=1S/C24H39N3O/c1-3-21-10-9-11-22(4-2)24(21)25-23(28)19-27-16-12-20(13-17-27)18-26-14-7-5-6-8-15-26/h9-11,20H,3-8,12-19H2,1-2H3,(H,25,28). The van der Waals surface area contributed by atoms with E-state index in [0.717, 1.165) is 37.5 Å². The van der Waals surface area contributed by atoms with Crippen molar-refractivity contribution in [1.29, 1.82) is 0 Å². The fourth-order valence-corrected chi connectivity index (χ4v) is 4.80. The van der Waals surface area contributed by atoms with Crippen molar-refractivity contribution in [3.05, 3.63) is 29.3 Å². The van der Waals surface area contributed by atoms with Crippen LogP contribution in [0.1, 0.15) is 63.5 Å². The molecule has 28 heavy (non-hydrogen) atoms. The van der Waals surface area contributed by atoms with Crippen molar-refractivity contribution < 1.29 is 4.79 Å². The molecule has 1 aromatic rings. The zero-order chi connectivity index (χ0) is 19.8. The monoisotopic (exact) mass is 385 g/mol. The minimum atomic E-state index is 0.140. The van der Waals surface area contributed by atoms with Gasteiger partial charge < -0.3 is 10.2 Å². The van der Waals surface area contributed by atoms with E-state index in [4.69, 9.17) is 0 Å². The predicted molar refractivity (Wildman–Crippen MR) is 118 cm³/mol. The summed E-state index contributed by atoms with van der Waals surface area (Å²) >= 11 is 0. The molecule has 4 nitrogen and oxygen atoms in total. The van der Waals surface area contributed by atoms with Crippen molar-refractivity contribution in [3.8, 4) is 0 Å². The topological polar surface area (TPSA) is 35.6 Å². The fourth-order valence-electron chi connectivity index (χ4n) is 4.80. The number of nitrogens with zero attached hydrogens (tertiary/aromatic N) is 2. The highest BCUT2D eigenvalue weighted by molar-refractivity contribution is 5.93. The van der Waals surface area contributed by atoms with Crippen molar-refractivity contribution in [2.75, 3.05) is 44.6 Å². The first-order valence-electron chi connectivity index (χ1n) is 11.5. The second kappa shape index (κ2) is 11.0. The molecule has 0 spiro atoms. The Balaban J connectivity index is 1.45. The summed E-state index contributed by atoms with van der Waals surface area (Å²) in [5.74, 6) is 0.950. The highest BCUT2D eigenvalue weighted by atomic mass is 16.2. The zero-order valence-corrected chi connectivity index (χ0v) is 18.0. The summed E-state index contributed by atoms with van der Waals surface area (Å²) in [6, 6.07) is 6.36. The molecular weight excluding hydrogens is 346 g/mol. The van der Waals surface area contributed by atoms with Crippen molar-refractivity contribution in [1.82, 2.24) is 9.80 Å². The number of hydrogen-bond acceptors (Lipinski definition) is 3. The largest absolute Gasteiger partial charge is 0.324 e. The molecule has 0 unspecified atom stereocenters. The number of aryl methyl sites for hydroxylation is 2. The lowest BCUT2D eigenvalue weighted by Crippen LogP contribution is -2.42. The lowest BCUT2D eigenvalue weighted by Gasteiger charge is -2.34. The summed E-state index contributed by atoms with van der Waals surface area (Å²) in [5, 5.41) is 3.22. The van der Waals surface area contributed by atoms with Crippen molar-refractivity contribution in [2.24, 2.45) is 5.92 Å². The van der Waals surface area contributed by atoms with E-state index in [0.29, 0.717) is 6.54 Å². The Morgan fingerprint density at radius 3 is 2.11 bits per heavy atom. The van der Waals surface area contributed by atoms with Crippen LogP contribution in [0.3, 0.4) is 0 Å². The number of anilines is 1. The average Bonchev–Trinajstić information content (AvgIpc) is 2.98. The van der Waals surface area contributed by atoms with Crippen molar-refractivity contribution >= 4 is 11.6 Å². The van der Waals surface area contributed by atoms with E-state index >= 15 is 0 Å². The summed E-state index contributed by atoms with van der Waals surface area (Å²) < 4.78 is 0. The zero-order valence-electron chi connectivity index (χ0n) is 18.0. The first kappa shape index (κ1) is 21.3. The van der Waals surface area contributed by atoms with E-state index < -0.39 is 0 Å². The Morgan fingerprint density at radius 1 is 0.929 bits per heavy atom. The van der Waals surface area contributed by atoms with Gasteiger partial charge in [0.05, 0.1) is 6.54 Å². The van der Waals surface area contributed by atoms with E-state index in [9.17, 15) is 4.79 Å². The Bertz CT molecular complexity index is 592. The maximum absolute atomic E-state index is 12.7. The molecule has 2 aliphatic heterocycles. The van der Waals surface area contributed by atoms with Crippen LogP contribution in [0.2, 0.25) is 0 Å². The molecule has 1 amide bonds. The lowest BCUT2D eigenvalue weighted by atomic mass is 9.96. The fraction of sp³-hybridized carbons (Fsp3) is 0.708. The van der Waals surface area contributed by atoms with Gasteiger partial charge in [-0.2, -0.15) is 0 Å². The number of para-hydroxylation sites is 1. The number of nitrogens with one attached hydrogen (secondary N) is 1. The van der Waals surface area contributed by atoms with Gasteiger partial charge in [0, 0.05) is 12.2 Å². The first-order chi connectivity index (χ1) is 13.7. The second-order valence-corrected chi connectivity index (χ2v) is 8.64. The van der Waals surface area contributed by atoms with Gasteiger partial charge in [0.15, 0.2) is 0 Å². The second-order valence-electron chi connectivity index (χ2n) is 8.64. The Labute approximate surface area is 171 Å². The van der Waals surface area contributed by atoms with Crippen LogP contribution in [0.25, 0.3) is 0 Å². The molecule has 3 rings (SSSR count). The molecule has 2 aliphatic rings. The molecule has 0 radical (unpaired) electrons. The molecule has 0 aromatic heterocycles. The predicted octanol–water partition coefficient (Wildman–Crippen LogP) is 4.34. The van der Waals surface area contributed by atoms with Gasteiger partial charge in [-0.3, -0.25) is 9.69 Å². The van der Waals surface area contributed by atoms with E-state index in [1.165, 1.54) is 69.3 Å². The van der Waals surface area contributed by atoms with Crippen molar-refractivity contribution in [2.45, 2.75) is 65.2 Å². The number of amides is 1. The molecule has 0 bridgehead atoms. The van der Waals surface area contributed by atoms with Crippen LogP contribution in [-0.4, -0.2) is 55.0 Å². The molecule has 1 aromatic carbocycles. The molecule has 1 N–H and O–H groups in total. The molecule has 0 aliphatic carbocycles. The van der Waals surface area contributed by atoms with Gasteiger partial charge >= 0.3 is 0 Å². The molecule has 0 saturated carbocycles. The van der Waals surface area contributed by atoms with Crippen LogP contribution in [0.4, 0.5) is 5.69 Å². The van der Waals surface area contributed by atoms with Gasteiger partial charge in [0.25, 0.3) is 0 Å². The normalized spacial score (nSPS) is 20.1. The number of likely N-dealkylation sites (tertiary alicyclic amines) is 2. The van der Waals surface area contributed by atoms with Gasteiger partial charge in [-0.25, -0.2) is 0 Å². The van der Waals surface area contributed by atoms with Crippen LogP contribution < -0.4 is 5.32 Å². The summed E-state index contributed by atoms with van der Waals surface area (Å²) in [6.07, 6.45) is 9.92. The third-order valence-electron chi connectivity index (χ3n) is 6.55. The quantitative estimate of drug-likeness (QED) is 0.758. The molecule has 0 atom stereocenters. The number of rotatable bonds is 7. The Morgan fingerprint density at radius 2 is 1.54 bits per heavy atom. The van der Waals surface area contributed by atoms with E-state index in [2.05, 4.69) is 47.2 Å². The third-order valence-corrected chi connectivity index (χ3v) is 6.55. The summed E-state index contributed by atoms with van der Waals surface area (Å²) in [6.45, 7) is 10.8. The van der Waals surface area contributed by atoms with Crippen LogP contribution in [0, 0.1) is 5.92 Å². The molecule has 156 valence electrons. The maximum atomic E-state index is 12.7. The van der Waals surface area contributed by atoms with Crippen LogP contribution in [0.15, 0.2) is 18.2 Å². The molecular formula is C24H39N3O. The minimum absolute atomic E-state index is 0.140. The first-order valence-corrected chi connectivity index (χ1v) is 11.5. The van der Waals surface area contributed by atoms with Gasteiger partial charge in [-0.05, 0) is 81.7 Å². The molecule has 2 heterocycles. The highest BCUT2D eigenvalue weighted by Crippen LogP contribution is 2.23. The number of carbonyl (C=O) groups excluding carboxylic acids is 1. The number of carbonyl (C=O) groups is 1. The SMILES string of the molecule is CCc1cccc(CC)c1NC(=O)CN1CCC(CN2CCCCCC2)CC1. The third kappa shape index (κ3) is 6.05. The maximum Gasteiger partial charge on any atom is 0.238 e. The van der Waals surface area contributed by atoms with Crippen LogP contribution in [0.5, 0.6) is 0 Å². The Kier molecular flexibility index (Phi) is 8.35. The van der Waals surface area contributed by atoms with E-state index in [1.54, 1.807) is 0 Å². The smallest absolute Gasteiger partial charge is 0.238 e. The van der Waals surface area contributed by atoms with Crippen LogP contribution in [-0.2, 0) is 17.6 Å². The van der Waals surface area contributed by atoms with Crippen LogP contribution >= 0.6 is 0 Å². The summed E-state index contributed by atoms with van der Waals surface area (Å²) in [5.41, 5.74) is 3.53. The van der Waals surface area contributed by atoms with Gasteiger partial charge in [-0.1, -0.05) is 44.9 Å². The van der Waals surface area contributed by atoms with E-state index in [1.807, 2.05) is 0 Å². The minimum Gasteiger partial charge on any atom is -0.324 e. The summed E-state index contributed by atoms with van der Waals surface area (Å²) in [7, 11) is 0. The lowest BCUT2D eigenvalue weighted by molar-refractivity contribution is -0.117. The number of piperidine rings is 1.